The van der Waals surface area contributed by atoms with E-state index in [9.17, 15) is 18.0 Å². The molecule has 29 heavy (non-hydrogen) atoms. The van der Waals surface area contributed by atoms with E-state index in [2.05, 4.69) is 15.4 Å². The third-order valence-corrected chi connectivity index (χ3v) is 6.75. The fraction of sp³-hybridized carbons (Fsp3) is 0.333. The molecule has 1 aliphatic carbocycles. The highest BCUT2D eigenvalue weighted by atomic mass is 32.2. The lowest BCUT2D eigenvalue weighted by atomic mass is 10.0. The minimum atomic E-state index is -3.89. The highest BCUT2D eigenvalue weighted by Gasteiger charge is 2.23. The quantitative estimate of drug-likeness (QED) is 0.701. The molecule has 1 aliphatic heterocycles. The van der Waals surface area contributed by atoms with Gasteiger partial charge in [0.05, 0.1) is 16.1 Å². The van der Waals surface area contributed by atoms with E-state index in [1.807, 2.05) is 0 Å². The Hall–Kier alpha value is -2.87. The fourth-order valence-electron chi connectivity index (χ4n) is 3.83. The van der Waals surface area contributed by atoms with Crippen LogP contribution in [0.25, 0.3) is 0 Å². The largest absolute Gasteiger partial charge is 0.349 e. The normalized spacial score (nSPS) is 16.8. The number of aryl methyl sites for hydroxylation is 1. The van der Waals surface area contributed by atoms with Crippen LogP contribution in [0.4, 0.5) is 11.4 Å². The summed E-state index contributed by atoms with van der Waals surface area (Å²) >= 11 is 0. The van der Waals surface area contributed by atoms with Gasteiger partial charge >= 0.3 is 0 Å². The second-order valence-electron chi connectivity index (χ2n) is 7.47. The van der Waals surface area contributed by atoms with Crippen molar-refractivity contribution < 1.29 is 18.0 Å². The van der Waals surface area contributed by atoms with Crippen LogP contribution in [0.15, 0.2) is 47.4 Å². The number of para-hydroxylation sites is 1. The fourth-order valence-corrected chi connectivity index (χ4v) is 4.96. The molecule has 0 radical (unpaired) electrons. The van der Waals surface area contributed by atoms with Crippen LogP contribution in [-0.4, -0.2) is 26.3 Å². The predicted octanol–water partition coefficient (Wildman–Crippen LogP) is 3.04. The number of carbonyl (C=O) groups is 2. The first-order chi connectivity index (χ1) is 13.9. The molecule has 2 aromatic carbocycles. The van der Waals surface area contributed by atoms with Crippen LogP contribution in [0.2, 0.25) is 0 Å². The first-order valence-corrected chi connectivity index (χ1v) is 11.3. The minimum absolute atomic E-state index is 0.0755. The molecule has 2 amide bonds. The van der Waals surface area contributed by atoms with Gasteiger partial charge in [0, 0.05) is 18.2 Å². The molecule has 7 nitrogen and oxygen atoms in total. The van der Waals surface area contributed by atoms with Crippen LogP contribution < -0.4 is 15.4 Å². The average molecular weight is 413 g/mol. The Labute approximate surface area is 169 Å². The van der Waals surface area contributed by atoms with Gasteiger partial charge in [-0.2, -0.15) is 0 Å². The Kier molecular flexibility index (Phi) is 5.27. The number of rotatable bonds is 5. The van der Waals surface area contributed by atoms with Crippen molar-refractivity contribution in [2.45, 2.75) is 49.5 Å². The summed E-state index contributed by atoms with van der Waals surface area (Å²) in [5, 5.41) is 5.73. The maximum Gasteiger partial charge on any atom is 0.261 e. The number of anilines is 2. The average Bonchev–Trinajstić information content (AvgIpc) is 3.20. The molecule has 3 N–H and O–H groups in total. The zero-order valence-corrected chi connectivity index (χ0v) is 16.7. The molecule has 2 aliphatic rings. The van der Waals surface area contributed by atoms with Gasteiger partial charge in [0.2, 0.25) is 5.91 Å². The molecule has 0 saturated heterocycles. The number of sulfonamides is 1. The molecule has 2 aromatic rings. The molecule has 1 saturated carbocycles. The number of amides is 2. The van der Waals surface area contributed by atoms with Crippen LogP contribution in [0.1, 0.15) is 48.0 Å². The van der Waals surface area contributed by atoms with E-state index in [-0.39, 0.29) is 28.4 Å². The van der Waals surface area contributed by atoms with Gasteiger partial charge in [-0.3, -0.25) is 14.3 Å². The van der Waals surface area contributed by atoms with Gasteiger partial charge in [-0.1, -0.05) is 25.0 Å². The molecule has 4 rings (SSSR count). The van der Waals surface area contributed by atoms with Gasteiger partial charge in [0.25, 0.3) is 15.9 Å². The molecule has 0 bridgehead atoms. The third kappa shape index (κ3) is 4.27. The van der Waals surface area contributed by atoms with Gasteiger partial charge in [-0.25, -0.2) is 8.42 Å². The van der Waals surface area contributed by atoms with E-state index in [4.69, 9.17) is 0 Å². The summed E-state index contributed by atoms with van der Waals surface area (Å²) in [6, 6.07) is 11.4. The molecule has 0 aromatic heterocycles. The van der Waals surface area contributed by atoms with Crippen LogP contribution in [0, 0.1) is 0 Å². The van der Waals surface area contributed by atoms with Crippen LogP contribution in [0.3, 0.4) is 0 Å². The van der Waals surface area contributed by atoms with Crippen molar-refractivity contribution >= 4 is 33.2 Å². The number of hydrogen-bond acceptors (Lipinski definition) is 4. The summed E-state index contributed by atoms with van der Waals surface area (Å²) in [5.74, 6) is -0.350. The third-order valence-electron chi connectivity index (χ3n) is 5.39. The molecule has 0 spiro atoms. The first kappa shape index (κ1) is 19.4. The molecule has 0 atom stereocenters. The van der Waals surface area contributed by atoms with Crippen molar-refractivity contribution in [3.05, 3.63) is 53.6 Å². The van der Waals surface area contributed by atoms with Crippen molar-refractivity contribution in [3.63, 3.8) is 0 Å². The summed E-state index contributed by atoms with van der Waals surface area (Å²) in [4.78, 5) is 24.3. The number of benzene rings is 2. The highest BCUT2D eigenvalue weighted by molar-refractivity contribution is 7.92. The van der Waals surface area contributed by atoms with E-state index in [0.717, 1.165) is 31.2 Å². The van der Waals surface area contributed by atoms with Gasteiger partial charge < -0.3 is 10.6 Å². The van der Waals surface area contributed by atoms with Crippen molar-refractivity contribution in [3.8, 4) is 0 Å². The van der Waals surface area contributed by atoms with Crippen LogP contribution in [0.5, 0.6) is 0 Å². The summed E-state index contributed by atoms with van der Waals surface area (Å²) in [6.07, 6.45) is 4.91. The Morgan fingerprint density at radius 1 is 1.03 bits per heavy atom. The molecular weight excluding hydrogens is 390 g/mol. The van der Waals surface area contributed by atoms with E-state index < -0.39 is 10.0 Å². The number of carbonyl (C=O) groups excluding carboxylic acids is 2. The van der Waals surface area contributed by atoms with Crippen molar-refractivity contribution in [2.75, 3.05) is 10.0 Å². The van der Waals surface area contributed by atoms with Crippen molar-refractivity contribution in [1.82, 2.24) is 5.32 Å². The van der Waals surface area contributed by atoms with Gasteiger partial charge in [-0.15, -0.1) is 0 Å². The summed E-state index contributed by atoms with van der Waals surface area (Å²) in [5.41, 5.74) is 1.96. The molecule has 8 heteroatoms. The second kappa shape index (κ2) is 7.87. The Bertz CT molecular complexity index is 1060. The lowest BCUT2D eigenvalue weighted by Gasteiger charge is -2.18. The van der Waals surface area contributed by atoms with Crippen molar-refractivity contribution in [2.24, 2.45) is 0 Å². The van der Waals surface area contributed by atoms with Gasteiger partial charge in [0.15, 0.2) is 0 Å². The molecular formula is C21H23N3O4S. The molecule has 152 valence electrons. The SMILES string of the molecule is O=C1CCc2cc(S(=O)(=O)Nc3ccccc3C(=O)NC3CCCC3)ccc2N1. The zero-order chi connectivity index (χ0) is 20.4. The Balaban J connectivity index is 1.57. The smallest absolute Gasteiger partial charge is 0.261 e. The first-order valence-electron chi connectivity index (χ1n) is 9.78. The lowest BCUT2D eigenvalue weighted by molar-refractivity contribution is -0.116. The van der Waals surface area contributed by atoms with Crippen molar-refractivity contribution in [1.29, 1.82) is 0 Å². The van der Waals surface area contributed by atoms with E-state index in [1.165, 1.54) is 6.07 Å². The molecule has 1 heterocycles. The lowest BCUT2D eigenvalue weighted by Crippen LogP contribution is -2.33. The molecule has 0 unspecified atom stereocenters. The molecule has 1 fully saturated rings. The summed E-state index contributed by atoms with van der Waals surface area (Å²) in [6.45, 7) is 0. The minimum Gasteiger partial charge on any atom is -0.349 e. The number of fused-ring (bicyclic) bond motifs is 1. The van der Waals surface area contributed by atoms with E-state index in [1.54, 1.807) is 36.4 Å². The summed E-state index contributed by atoms with van der Waals surface area (Å²) in [7, 11) is -3.89. The topological polar surface area (TPSA) is 104 Å². The standard InChI is InChI=1S/C21H23N3O4S/c25-20-12-9-14-13-16(10-11-18(14)23-20)29(27,28)24-19-8-4-3-7-17(19)21(26)22-15-5-1-2-6-15/h3-4,7-8,10-11,13,15,24H,1-2,5-6,9,12H2,(H,22,26)(H,23,25). The van der Waals surface area contributed by atoms with Crippen LogP contribution in [-0.2, 0) is 21.2 Å². The van der Waals surface area contributed by atoms with E-state index in [0.29, 0.717) is 24.1 Å². The Morgan fingerprint density at radius 2 is 1.79 bits per heavy atom. The van der Waals surface area contributed by atoms with Gasteiger partial charge in [-0.05, 0) is 55.2 Å². The monoisotopic (exact) mass is 413 g/mol. The zero-order valence-electron chi connectivity index (χ0n) is 15.9. The second-order valence-corrected chi connectivity index (χ2v) is 9.16. The summed E-state index contributed by atoms with van der Waals surface area (Å²) < 4.78 is 28.4. The number of nitrogens with one attached hydrogen (secondary N) is 3. The maximum absolute atomic E-state index is 12.9. The Morgan fingerprint density at radius 3 is 2.59 bits per heavy atom. The highest BCUT2D eigenvalue weighted by Crippen LogP contribution is 2.27. The van der Waals surface area contributed by atoms with Crippen LogP contribution >= 0.6 is 0 Å². The number of hydrogen-bond donors (Lipinski definition) is 3. The van der Waals surface area contributed by atoms with E-state index >= 15 is 0 Å². The van der Waals surface area contributed by atoms with Gasteiger partial charge in [0.1, 0.15) is 0 Å². The maximum atomic E-state index is 12.9. The predicted molar refractivity (Wildman–Crippen MR) is 110 cm³/mol.